The van der Waals surface area contributed by atoms with Gasteiger partial charge in [0.25, 0.3) is 0 Å². The lowest BCUT2D eigenvalue weighted by Crippen LogP contribution is -2.31. The summed E-state index contributed by atoms with van der Waals surface area (Å²) >= 11 is 0. The summed E-state index contributed by atoms with van der Waals surface area (Å²) in [5, 5.41) is 2.91. The lowest BCUT2D eigenvalue weighted by atomic mass is 10.4. The zero-order chi connectivity index (χ0) is 13.8. The van der Waals surface area contributed by atoms with E-state index in [4.69, 9.17) is 9.15 Å². The molecule has 0 amide bonds. The third-order valence-electron chi connectivity index (χ3n) is 2.53. The number of furan rings is 1. The Morgan fingerprint density at radius 1 is 1.50 bits per heavy atom. The van der Waals surface area contributed by atoms with Gasteiger partial charge in [0.2, 0.25) is 10.0 Å². The molecule has 0 aromatic carbocycles. The largest absolute Gasteiger partial charge is 0.464 e. The number of hydrogen-bond acceptors (Lipinski definition) is 5. The lowest BCUT2D eigenvalue weighted by Gasteiger charge is -2.10. The van der Waals surface area contributed by atoms with E-state index < -0.39 is 10.0 Å². The van der Waals surface area contributed by atoms with E-state index >= 15 is 0 Å². The van der Waals surface area contributed by atoms with Crippen LogP contribution >= 0.6 is 0 Å². The molecule has 0 aliphatic heterocycles. The normalized spacial score (nSPS) is 13.8. The number of rotatable bonds is 7. The van der Waals surface area contributed by atoms with E-state index in [1.165, 1.54) is 13.2 Å². The zero-order valence-electron chi connectivity index (χ0n) is 11.1. The van der Waals surface area contributed by atoms with Gasteiger partial charge in [0, 0.05) is 19.7 Å². The predicted molar refractivity (Wildman–Crippen MR) is 67.9 cm³/mol. The highest BCUT2D eigenvalue weighted by molar-refractivity contribution is 7.89. The SMILES string of the molecule is CNCc1cc(S(=O)(=O)NCC(C)OC)c(C)o1. The number of methoxy groups -OCH3 is 1. The van der Waals surface area contributed by atoms with Crippen molar-refractivity contribution in [3.63, 3.8) is 0 Å². The van der Waals surface area contributed by atoms with E-state index in [1.807, 2.05) is 0 Å². The minimum atomic E-state index is -3.55. The third-order valence-corrected chi connectivity index (χ3v) is 4.06. The summed E-state index contributed by atoms with van der Waals surface area (Å²) in [6, 6.07) is 1.53. The van der Waals surface area contributed by atoms with Crippen LogP contribution in [-0.4, -0.2) is 35.2 Å². The van der Waals surface area contributed by atoms with Crippen LogP contribution in [0.5, 0.6) is 0 Å². The molecule has 1 heterocycles. The van der Waals surface area contributed by atoms with Crippen molar-refractivity contribution in [3.8, 4) is 0 Å². The van der Waals surface area contributed by atoms with Crippen molar-refractivity contribution in [1.29, 1.82) is 0 Å². The average molecular weight is 276 g/mol. The number of sulfonamides is 1. The van der Waals surface area contributed by atoms with Crippen molar-refractivity contribution in [3.05, 3.63) is 17.6 Å². The summed E-state index contributed by atoms with van der Waals surface area (Å²) in [5.74, 6) is 0.980. The third kappa shape index (κ3) is 3.81. The molecule has 0 spiro atoms. The van der Waals surface area contributed by atoms with E-state index in [-0.39, 0.29) is 17.5 Å². The Morgan fingerprint density at radius 2 is 2.17 bits per heavy atom. The maximum absolute atomic E-state index is 12.0. The van der Waals surface area contributed by atoms with Crippen LogP contribution in [-0.2, 0) is 21.3 Å². The van der Waals surface area contributed by atoms with Crippen LogP contribution in [0.2, 0.25) is 0 Å². The molecule has 1 aromatic rings. The molecule has 6 nitrogen and oxygen atoms in total. The van der Waals surface area contributed by atoms with Crippen LogP contribution in [0.15, 0.2) is 15.4 Å². The molecule has 0 radical (unpaired) electrons. The smallest absolute Gasteiger partial charge is 0.244 e. The first kappa shape index (κ1) is 15.2. The van der Waals surface area contributed by atoms with E-state index in [0.29, 0.717) is 18.1 Å². The second-order valence-electron chi connectivity index (χ2n) is 4.06. The molecule has 0 saturated heterocycles. The molecule has 1 unspecified atom stereocenters. The van der Waals surface area contributed by atoms with Gasteiger partial charge >= 0.3 is 0 Å². The fourth-order valence-corrected chi connectivity index (χ4v) is 2.76. The van der Waals surface area contributed by atoms with Crippen molar-refractivity contribution < 1.29 is 17.6 Å². The highest BCUT2D eigenvalue weighted by atomic mass is 32.2. The van der Waals surface area contributed by atoms with Crippen LogP contribution < -0.4 is 10.0 Å². The number of aryl methyl sites for hydroxylation is 1. The van der Waals surface area contributed by atoms with E-state index in [1.54, 1.807) is 20.9 Å². The first-order chi connectivity index (χ1) is 8.40. The van der Waals surface area contributed by atoms with Gasteiger partial charge in [0.1, 0.15) is 16.4 Å². The van der Waals surface area contributed by atoms with E-state index in [9.17, 15) is 8.42 Å². The van der Waals surface area contributed by atoms with Gasteiger partial charge in [-0.25, -0.2) is 13.1 Å². The van der Waals surface area contributed by atoms with Crippen molar-refractivity contribution in [2.24, 2.45) is 0 Å². The first-order valence-corrected chi connectivity index (χ1v) is 7.15. The Labute approximate surface area is 108 Å². The van der Waals surface area contributed by atoms with E-state index in [2.05, 4.69) is 10.0 Å². The fraction of sp³-hybridized carbons (Fsp3) is 0.636. The number of ether oxygens (including phenoxy) is 1. The minimum Gasteiger partial charge on any atom is -0.464 e. The molecule has 0 fully saturated rings. The van der Waals surface area contributed by atoms with Gasteiger partial charge in [0.05, 0.1) is 12.6 Å². The zero-order valence-corrected chi connectivity index (χ0v) is 11.9. The molecule has 1 aromatic heterocycles. The van der Waals surface area contributed by atoms with E-state index in [0.717, 1.165) is 0 Å². The summed E-state index contributed by atoms with van der Waals surface area (Å²) in [6.45, 7) is 4.14. The lowest BCUT2D eigenvalue weighted by molar-refractivity contribution is 0.122. The first-order valence-electron chi connectivity index (χ1n) is 5.67. The Hall–Kier alpha value is -0.890. The Morgan fingerprint density at radius 3 is 2.72 bits per heavy atom. The molecule has 18 heavy (non-hydrogen) atoms. The van der Waals surface area contributed by atoms with Crippen molar-refractivity contribution in [2.45, 2.75) is 31.4 Å². The van der Waals surface area contributed by atoms with Gasteiger partial charge in [-0.2, -0.15) is 0 Å². The maximum Gasteiger partial charge on any atom is 0.244 e. The monoisotopic (exact) mass is 276 g/mol. The molecule has 1 atom stereocenters. The molecule has 0 aliphatic carbocycles. The van der Waals surface area contributed by atoms with Crippen LogP contribution in [0.3, 0.4) is 0 Å². The van der Waals surface area contributed by atoms with Crippen LogP contribution in [0.25, 0.3) is 0 Å². The number of hydrogen-bond donors (Lipinski definition) is 2. The van der Waals surface area contributed by atoms with Crippen molar-refractivity contribution in [1.82, 2.24) is 10.0 Å². The molecule has 104 valence electrons. The topological polar surface area (TPSA) is 80.6 Å². The molecule has 7 heteroatoms. The number of nitrogens with one attached hydrogen (secondary N) is 2. The molecular weight excluding hydrogens is 256 g/mol. The molecule has 1 rings (SSSR count). The second-order valence-corrected chi connectivity index (χ2v) is 5.80. The maximum atomic E-state index is 12.0. The van der Waals surface area contributed by atoms with Gasteiger partial charge < -0.3 is 14.5 Å². The second kappa shape index (κ2) is 6.33. The summed E-state index contributed by atoms with van der Waals surface area (Å²) < 4.78 is 36.9. The summed E-state index contributed by atoms with van der Waals surface area (Å²) in [7, 11) is -0.242. The summed E-state index contributed by atoms with van der Waals surface area (Å²) in [5.41, 5.74) is 0. The molecule has 2 N–H and O–H groups in total. The standard InChI is InChI=1S/C11H20N2O4S/c1-8(16-4)6-13-18(14,15)11-5-10(7-12-3)17-9(11)2/h5,8,12-13H,6-7H2,1-4H3. The van der Waals surface area contributed by atoms with Gasteiger partial charge in [-0.05, 0) is 20.9 Å². The van der Waals surface area contributed by atoms with Crippen LogP contribution in [0, 0.1) is 6.92 Å². The molecule has 0 bridgehead atoms. The molecular formula is C11H20N2O4S. The van der Waals surface area contributed by atoms with Crippen molar-refractivity contribution >= 4 is 10.0 Å². The molecule has 0 aliphatic rings. The van der Waals surface area contributed by atoms with Gasteiger partial charge in [-0.3, -0.25) is 0 Å². The summed E-state index contributed by atoms with van der Waals surface area (Å²) in [6.07, 6.45) is -0.177. The van der Waals surface area contributed by atoms with Gasteiger partial charge in [-0.1, -0.05) is 0 Å². The Balaban J connectivity index is 2.84. The van der Waals surface area contributed by atoms with Gasteiger partial charge in [-0.15, -0.1) is 0 Å². The fourth-order valence-electron chi connectivity index (χ4n) is 1.44. The van der Waals surface area contributed by atoms with Crippen LogP contribution in [0.4, 0.5) is 0 Å². The van der Waals surface area contributed by atoms with Gasteiger partial charge in [0.15, 0.2) is 0 Å². The minimum absolute atomic E-state index is 0.177. The van der Waals surface area contributed by atoms with Crippen LogP contribution in [0.1, 0.15) is 18.4 Å². The Kier molecular flexibility index (Phi) is 5.33. The summed E-state index contributed by atoms with van der Waals surface area (Å²) in [4.78, 5) is 0.177. The highest BCUT2D eigenvalue weighted by Crippen LogP contribution is 2.19. The average Bonchev–Trinajstić information content (AvgIpc) is 2.68. The quantitative estimate of drug-likeness (QED) is 0.763. The molecule has 0 saturated carbocycles. The predicted octanol–water partition coefficient (Wildman–Crippen LogP) is 0.621. The van der Waals surface area contributed by atoms with Crippen molar-refractivity contribution in [2.75, 3.05) is 20.7 Å². The Bertz CT molecular complexity index is 481. The highest BCUT2D eigenvalue weighted by Gasteiger charge is 2.21.